The highest BCUT2D eigenvalue weighted by atomic mass is 16.5. The largest absolute Gasteiger partial charge is 0.504 e. The maximum Gasteiger partial charge on any atom is 0.196 e. The van der Waals surface area contributed by atoms with Crippen molar-refractivity contribution in [1.82, 2.24) is 0 Å². The van der Waals surface area contributed by atoms with Gasteiger partial charge in [0.05, 0.1) is 25.3 Å². The number of carbonyl (C=O) groups is 2. The lowest BCUT2D eigenvalue weighted by molar-refractivity contribution is 0.102. The number of hydrogen-bond acceptors (Lipinski definition) is 6. The van der Waals surface area contributed by atoms with Crippen molar-refractivity contribution in [2.24, 2.45) is 0 Å². The van der Waals surface area contributed by atoms with Gasteiger partial charge in [-0.05, 0) is 12.1 Å². The molecule has 0 saturated heterocycles. The van der Waals surface area contributed by atoms with Crippen molar-refractivity contribution in [3.05, 3.63) is 118 Å². The average Bonchev–Trinajstić information content (AvgIpc) is 2.89. The summed E-state index contributed by atoms with van der Waals surface area (Å²) in [5.41, 5.74) is 2.29. The Bertz CT molecular complexity index is 1270. The zero-order chi connectivity index (χ0) is 24.9. The van der Waals surface area contributed by atoms with Gasteiger partial charge >= 0.3 is 0 Å². The van der Waals surface area contributed by atoms with Crippen molar-refractivity contribution in [1.29, 1.82) is 0 Å². The minimum atomic E-state index is -0.327. The zero-order valence-electron chi connectivity index (χ0n) is 19.3. The van der Waals surface area contributed by atoms with Crippen LogP contribution in [0.25, 0.3) is 0 Å². The Kier molecular flexibility index (Phi) is 6.83. The van der Waals surface area contributed by atoms with Crippen molar-refractivity contribution < 1.29 is 29.3 Å². The standard InChI is InChI=1S/C29H24O6/c1-34-28-20(13-15-22(26(28)32)24(30)18-9-5-3-6-10-18)17-21-14-16-23(27(33)29(21)35-2)25(31)19-11-7-4-8-12-19/h3-16,32-33H,17H2,1-2H3. The van der Waals surface area contributed by atoms with E-state index in [9.17, 15) is 19.8 Å². The highest BCUT2D eigenvalue weighted by Crippen LogP contribution is 2.40. The molecular weight excluding hydrogens is 444 g/mol. The number of carbonyl (C=O) groups excluding carboxylic acids is 2. The first-order valence-corrected chi connectivity index (χ1v) is 10.9. The van der Waals surface area contributed by atoms with Crippen LogP contribution in [0.4, 0.5) is 0 Å². The lowest BCUT2D eigenvalue weighted by atomic mass is 9.95. The molecule has 0 heterocycles. The number of hydrogen-bond donors (Lipinski definition) is 2. The second kappa shape index (κ2) is 10.1. The average molecular weight is 469 g/mol. The number of phenolic OH excluding ortho intramolecular Hbond substituents is 2. The van der Waals surface area contributed by atoms with Gasteiger partial charge in [-0.15, -0.1) is 0 Å². The van der Waals surface area contributed by atoms with Crippen LogP contribution < -0.4 is 9.47 Å². The summed E-state index contributed by atoms with van der Waals surface area (Å²) < 4.78 is 10.9. The number of ketones is 2. The second-order valence-corrected chi connectivity index (χ2v) is 7.88. The Morgan fingerprint density at radius 2 is 0.971 bits per heavy atom. The van der Waals surface area contributed by atoms with Gasteiger partial charge in [0.2, 0.25) is 0 Å². The summed E-state index contributed by atoms with van der Waals surface area (Å²) in [5.74, 6) is -0.884. The predicted molar refractivity (Wildman–Crippen MR) is 132 cm³/mol. The summed E-state index contributed by atoms with van der Waals surface area (Å²) in [4.78, 5) is 25.7. The summed E-state index contributed by atoms with van der Waals surface area (Å²) in [5, 5.41) is 21.7. The highest BCUT2D eigenvalue weighted by Gasteiger charge is 2.23. The summed E-state index contributed by atoms with van der Waals surface area (Å²) in [6, 6.07) is 23.8. The van der Waals surface area contributed by atoms with Crippen molar-refractivity contribution in [2.45, 2.75) is 6.42 Å². The first-order chi connectivity index (χ1) is 17.0. The minimum Gasteiger partial charge on any atom is -0.504 e. The number of rotatable bonds is 8. The van der Waals surface area contributed by atoms with E-state index in [0.29, 0.717) is 22.3 Å². The minimum absolute atomic E-state index is 0.121. The van der Waals surface area contributed by atoms with Crippen LogP contribution in [0.15, 0.2) is 84.9 Å². The molecule has 4 aromatic carbocycles. The SMILES string of the molecule is COc1c(Cc2ccc(C(=O)c3ccccc3)c(O)c2OC)ccc(C(=O)c2ccccc2)c1O. The van der Waals surface area contributed by atoms with Crippen LogP contribution in [0.3, 0.4) is 0 Å². The van der Waals surface area contributed by atoms with E-state index in [1.54, 1.807) is 72.8 Å². The van der Waals surface area contributed by atoms with E-state index >= 15 is 0 Å². The topological polar surface area (TPSA) is 93.1 Å². The van der Waals surface area contributed by atoms with Crippen molar-refractivity contribution in [3.63, 3.8) is 0 Å². The van der Waals surface area contributed by atoms with Crippen LogP contribution in [0, 0.1) is 0 Å². The number of aromatic hydroxyl groups is 2. The van der Waals surface area contributed by atoms with Crippen molar-refractivity contribution in [2.75, 3.05) is 14.2 Å². The van der Waals surface area contributed by atoms with E-state index < -0.39 is 0 Å². The van der Waals surface area contributed by atoms with Gasteiger partial charge in [-0.25, -0.2) is 0 Å². The van der Waals surface area contributed by atoms with Gasteiger partial charge in [0.1, 0.15) is 0 Å². The molecule has 0 bridgehead atoms. The van der Waals surface area contributed by atoms with Gasteiger partial charge < -0.3 is 19.7 Å². The smallest absolute Gasteiger partial charge is 0.196 e. The number of benzene rings is 4. The quantitative estimate of drug-likeness (QED) is 0.347. The monoisotopic (exact) mass is 468 g/mol. The van der Waals surface area contributed by atoms with E-state index in [4.69, 9.17) is 9.47 Å². The van der Waals surface area contributed by atoms with Gasteiger partial charge in [-0.3, -0.25) is 9.59 Å². The van der Waals surface area contributed by atoms with E-state index in [1.807, 2.05) is 12.1 Å². The van der Waals surface area contributed by atoms with Gasteiger partial charge in [-0.1, -0.05) is 72.8 Å². The molecule has 0 saturated carbocycles. The van der Waals surface area contributed by atoms with Gasteiger partial charge in [-0.2, -0.15) is 0 Å². The summed E-state index contributed by atoms with van der Waals surface area (Å²) >= 11 is 0. The molecule has 176 valence electrons. The Morgan fingerprint density at radius 3 is 1.31 bits per heavy atom. The molecule has 6 heteroatoms. The maximum atomic E-state index is 12.9. The fraction of sp³-hybridized carbons (Fsp3) is 0.103. The van der Waals surface area contributed by atoms with Crippen molar-refractivity contribution >= 4 is 11.6 Å². The van der Waals surface area contributed by atoms with Gasteiger partial charge in [0, 0.05) is 28.7 Å². The van der Waals surface area contributed by atoms with Crippen LogP contribution >= 0.6 is 0 Å². The molecule has 0 aliphatic carbocycles. The molecule has 0 fully saturated rings. The van der Waals surface area contributed by atoms with Crippen LogP contribution in [-0.2, 0) is 6.42 Å². The van der Waals surface area contributed by atoms with E-state index in [0.717, 1.165) is 0 Å². The van der Waals surface area contributed by atoms with Crippen LogP contribution in [0.2, 0.25) is 0 Å². The summed E-state index contributed by atoms with van der Waals surface area (Å²) in [7, 11) is 2.82. The molecule has 0 amide bonds. The third-order valence-electron chi connectivity index (χ3n) is 5.78. The third-order valence-corrected chi connectivity index (χ3v) is 5.78. The first kappa shape index (κ1) is 23.6. The molecular formula is C29H24O6. The fourth-order valence-electron chi connectivity index (χ4n) is 4.02. The fourth-order valence-corrected chi connectivity index (χ4v) is 4.02. The molecule has 0 aliphatic heterocycles. The van der Waals surface area contributed by atoms with Crippen LogP contribution in [0.5, 0.6) is 23.0 Å². The van der Waals surface area contributed by atoms with Crippen molar-refractivity contribution in [3.8, 4) is 23.0 Å². The molecule has 0 radical (unpaired) electrons. The maximum absolute atomic E-state index is 12.9. The third kappa shape index (κ3) is 4.59. The molecule has 35 heavy (non-hydrogen) atoms. The summed E-state index contributed by atoms with van der Waals surface area (Å²) in [6.45, 7) is 0. The Morgan fingerprint density at radius 1 is 0.600 bits per heavy atom. The van der Waals surface area contributed by atoms with Crippen LogP contribution in [-0.4, -0.2) is 36.0 Å². The Balaban J connectivity index is 1.69. The molecule has 0 atom stereocenters. The Labute approximate surface area is 203 Å². The van der Waals surface area contributed by atoms with E-state index in [2.05, 4.69) is 0 Å². The number of phenols is 2. The van der Waals surface area contributed by atoms with Gasteiger partial charge in [0.15, 0.2) is 34.6 Å². The number of ether oxygens (including phenoxy) is 2. The molecule has 2 N–H and O–H groups in total. The summed E-state index contributed by atoms with van der Waals surface area (Å²) in [6.07, 6.45) is 0.215. The molecule has 0 aliphatic rings. The lowest BCUT2D eigenvalue weighted by Crippen LogP contribution is -2.06. The first-order valence-electron chi connectivity index (χ1n) is 10.9. The molecule has 4 aromatic rings. The molecule has 0 aromatic heterocycles. The second-order valence-electron chi connectivity index (χ2n) is 7.88. The molecule has 0 unspecified atom stereocenters. The van der Waals surface area contributed by atoms with Crippen LogP contribution in [0.1, 0.15) is 43.0 Å². The Hall–Kier alpha value is -4.58. The molecule has 6 nitrogen and oxygen atoms in total. The van der Waals surface area contributed by atoms with Gasteiger partial charge in [0.25, 0.3) is 0 Å². The van der Waals surface area contributed by atoms with E-state index in [-0.39, 0.29) is 52.1 Å². The predicted octanol–water partition coefficient (Wildman–Crippen LogP) is 5.17. The lowest BCUT2D eigenvalue weighted by Gasteiger charge is -2.16. The molecule has 0 spiro atoms. The zero-order valence-corrected chi connectivity index (χ0v) is 19.3. The highest BCUT2D eigenvalue weighted by molar-refractivity contribution is 6.12. The normalized spacial score (nSPS) is 10.6. The molecule has 4 rings (SSSR count). The number of methoxy groups -OCH3 is 2. The van der Waals surface area contributed by atoms with E-state index in [1.165, 1.54) is 14.2 Å².